The molecule has 1 saturated heterocycles. The van der Waals surface area contributed by atoms with Crippen LogP contribution in [0.1, 0.15) is 34.1 Å². The molecule has 0 saturated carbocycles. The topological polar surface area (TPSA) is 18.5 Å². The third kappa shape index (κ3) is 3.31. The summed E-state index contributed by atoms with van der Waals surface area (Å²) in [7, 11) is -1.65. The zero-order valence-electron chi connectivity index (χ0n) is 11.3. The van der Waals surface area contributed by atoms with Gasteiger partial charge in [-0.15, -0.1) is 0 Å². The zero-order chi connectivity index (χ0) is 12.6. The molecule has 4 heteroatoms. The maximum Gasteiger partial charge on any atom is 0.192 e. The van der Waals surface area contributed by atoms with Crippen LogP contribution in [0.2, 0.25) is 18.1 Å². The van der Waals surface area contributed by atoms with Crippen LogP contribution in [-0.4, -0.2) is 32.0 Å². The lowest BCUT2D eigenvalue weighted by molar-refractivity contribution is 0.0342. The average molecular weight is 309 g/mol. The van der Waals surface area contributed by atoms with E-state index in [0.717, 1.165) is 11.8 Å². The van der Waals surface area contributed by atoms with Crippen LogP contribution in [-0.2, 0) is 9.16 Å². The second-order valence-electron chi connectivity index (χ2n) is 6.27. The molecule has 0 aliphatic carbocycles. The van der Waals surface area contributed by atoms with E-state index in [1.807, 2.05) is 0 Å². The first-order valence-corrected chi connectivity index (χ1v) is 10.1. The summed E-state index contributed by atoms with van der Waals surface area (Å²) in [4.78, 5) is 0. The first kappa shape index (κ1) is 14.7. The molecule has 0 amide bonds. The van der Waals surface area contributed by atoms with Gasteiger partial charge in [-0.25, -0.2) is 0 Å². The largest absolute Gasteiger partial charge is 0.411 e. The van der Waals surface area contributed by atoms with Crippen molar-refractivity contribution >= 4 is 24.2 Å². The number of hydrogen-bond donors (Lipinski definition) is 0. The molecule has 3 atom stereocenters. The molecule has 2 nitrogen and oxygen atoms in total. The Hall–Kier alpha value is 0.617. The predicted octanol–water partition coefficient (Wildman–Crippen LogP) is 3.95. The summed E-state index contributed by atoms with van der Waals surface area (Å²) in [6.45, 7) is 13.6. The van der Waals surface area contributed by atoms with Gasteiger partial charge in [0.1, 0.15) is 0 Å². The van der Waals surface area contributed by atoms with E-state index in [2.05, 4.69) is 56.7 Å². The van der Waals surface area contributed by atoms with Gasteiger partial charge in [0.05, 0.1) is 18.3 Å². The highest BCUT2D eigenvalue weighted by molar-refractivity contribution is 9.09. The third-order valence-electron chi connectivity index (χ3n) is 3.85. The highest BCUT2D eigenvalue weighted by Gasteiger charge is 2.43. The van der Waals surface area contributed by atoms with Crippen molar-refractivity contribution in [3.8, 4) is 0 Å². The zero-order valence-corrected chi connectivity index (χ0v) is 13.9. The molecule has 1 fully saturated rings. The molecule has 0 aromatic heterocycles. The van der Waals surface area contributed by atoms with E-state index < -0.39 is 8.32 Å². The van der Waals surface area contributed by atoms with E-state index in [9.17, 15) is 0 Å². The summed E-state index contributed by atoms with van der Waals surface area (Å²) in [5.41, 5.74) is 0. The lowest BCUT2D eigenvalue weighted by Gasteiger charge is -2.39. The maximum absolute atomic E-state index is 6.40. The van der Waals surface area contributed by atoms with Crippen molar-refractivity contribution in [2.24, 2.45) is 0 Å². The Morgan fingerprint density at radius 2 is 1.94 bits per heavy atom. The summed E-state index contributed by atoms with van der Waals surface area (Å²) in [5.74, 6) is 0. The number of alkyl halides is 1. The SMILES string of the molecule is C[C@H]1O[C@H](CBr)C[C@@H]1O[Si](C)(C)C(C)(C)C. The second kappa shape index (κ2) is 5.08. The van der Waals surface area contributed by atoms with Crippen LogP contribution in [0.25, 0.3) is 0 Å². The van der Waals surface area contributed by atoms with Crippen LogP contribution in [0.3, 0.4) is 0 Å². The van der Waals surface area contributed by atoms with Gasteiger partial charge in [-0.3, -0.25) is 0 Å². The predicted molar refractivity (Wildman–Crippen MR) is 74.8 cm³/mol. The van der Waals surface area contributed by atoms with E-state index >= 15 is 0 Å². The number of ether oxygens (including phenoxy) is 1. The van der Waals surface area contributed by atoms with Crippen LogP contribution in [0.5, 0.6) is 0 Å². The fraction of sp³-hybridized carbons (Fsp3) is 1.00. The molecule has 0 aromatic carbocycles. The van der Waals surface area contributed by atoms with E-state index in [1.165, 1.54) is 0 Å². The minimum atomic E-state index is -1.65. The van der Waals surface area contributed by atoms with Crippen LogP contribution >= 0.6 is 15.9 Å². The quantitative estimate of drug-likeness (QED) is 0.580. The van der Waals surface area contributed by atoms with Gasteiger partial charge >= 0.3 is 0 Å². The van der Waals surface area contributed by atoms with Crippen LogP contribution in [0.4, 0.5) is 0 Å². The highest BCUT2D eigenvalue weighted by Crippen LogP contribution is 2.39. The van der Waals surface area contributed by atoms with E-state index in [-0.39, 0.29) is 17.2 Å². The molecule has 1 rings (SSSR count). The van der Waals surface area contributed by atoms with Gasteiger partial charge in [-0.2, -0.15) is 0 Å². The minimum Gasteiger partial charge on any atom is -0.411 e. The monoisotopic (exact) mass is 308 g/mol. The van der Waals surface area contributed by atoms with Crippen molar-refractivity contribution in [2.75, 3.05) is 5.33 Å². The van der Waals surface area contributed by atoms with E-state index in [4.69, 9.17) is 9.16 Å². The maximum atomic E-state index is 6.40. The van der Waals surface area contributed by atoms with Gasteiger partial charge in [-0.1, -0.05) is 36.7 Å². The Morgan fingerprint density at radius 1 is 1.38 bits per heavy atom. The Bertz CT molecular complexity index is 238. The smallest absolute Gasteiger partial charge is 0.192 e. The Balaban J connectivity index is 2.61. The first-order chi connectivity index (χ1) is 7.17. The van der Waals surface area contributed by atoms with Crippen molar-refractivity contribution in [1.29, 1.82) is 0 Å². The number of halogens is 1. The van der Waals surface area contributed by atoms with Gasteiger partial charge in [0.15, 0.2) is 8.32 Å². The molecule has 1 aliphatic rings. The molecule has 1 aliphatic heterocycles. The molecule has 0 bridgehead atoms. The van der Waals surface area contributed by atoms with Crippen molar-refractivity contribution in [2.45, 2.75) is 70.6 Å². The van der Waals surface area contributed by atoms with Gasteiger partial charge in [0.2, 0.25) is 0 Å². The molecule has 0 radical (unpaired) electrons. The van der Waals surface area contributed by atoms with Crippen LogP contribution in [0.15, 0.2) is 0 Å². The van der Waals surface area contributed by atoms with Gasteiger partial charge in [0.25, 0.3) is 0 Å². The summed E-state index contributed by atoms with van der Waals surface area (Å²) < 4.78 is 12.2. The lowest BCUT2D eigenvalue weighted by Crippen LogP contribution is -2.45. The molecule has 96 valence electrons. The van der Waals surface area contributed by atoms with E-state index in [1.54, 1.807) is 0 Å². The average Bonchev–Trinajstić information content (AvgIpc) is 2.44. The Kier molecular flexibility index (Phi) is 4.66. The molecule has 16 heavy (non-hydrogen) atoms. The van der Waals surface area contributed by atoms with Gasteiger partial charge in [-0.05, 0) is 25.1 Å². The molecule has 0 N–H and O–H groups in total. The third-order valence-corrected chi connectivity index (χ3v) is 9.08. The normalized spacial score (nSPS) is 32.1. The molecule has 0 spiro atoms. The van der Waals surface area contributed by atoms with Crippen molar-refractivity contribution in [3.63, 3.8) is 0 Å². The summed E-state index contributed by atoms with van der Waals surface area (Å²) >= 11 is 3.48. The van der Waals surface area contributed by atoms with Crippen molar-refractivity contribution < 1.29 is 9.16 Å². The summed E-state index contributed by atoms with van der Waals surface area (Å²) in [6.07, 6.45) is 1.86. The van der Waals surface area contributed by atoms with Gasteiger partial charge in [0, 0.05) is 11.8 Å². The summed E-state index contributed by atoms with van der Waals surface area (Å²) in [6, 6.07) is 0. The van der Waals surface area contributed by atoms with Gasteiger partial charge < -0.3 is 9.16 Å². The van der Waals surface area contributed by atoms with Crippen molar-refractivity contribution in [1.82, 2.24) is 0 Å². The first-order valence-electron chi connectivity index (χ1n) is 6.06. The minimum absolute atomic E-state index is 0.233. The van der Waals surface area contributed by atoms with Crippen LogP contribution in [0, 0.1) is 0 Å². The molecular weight excluding hydrogens is 284 g/mol. The lowest BCUT2D eigenvalue weighted by atomic mass is 10.2. The molecule has 0 aromatic rings. The fourth-order valence-corrected chi connectivity index (χ4v) is 3.51. The van der Waals surface area contributed by atoms with Crippen LogP contribution < -0.4 is 0 Å². The number of hydrogen-bond acceptors (Lipinski definition) is 2. The Morgan fingerprint density at radius 3 is 2.31 bits per heavy atom. The standard InChI is InChI=1S/C12H25BrO2Si/c1-9-11(7-10(8-13)14-9)15-16(5,6)12(2,3)4/h9-11H,7-8H2,1-6H3/t9-,10+,11+/m1/s1. The highest BCUT2D eigenvalue weighted by atomic mass is 79.9. The summed E-state index contributed by atoms with van der Waals surface area (Å²) in [5, 5.41) is 1.19. The molecular formula is C12H25BrO2Si. The second-order valence-corrected chi connectivity index (χ2v) is 11.7. The van der Waals surface area contributed by atoms with Crippen molar-refractivity contribution in [3.05, 3.63) is 0 Å². The van der Waals surface area contributed by atoms with E-state index in [0.29, 0.717) is 6.10 Å². The Labute approximate surface area is 109 Å². The fourth-order valence-electron chi connectivity index (χ4n) is 1.70. The molecule has 0 unspecified atom stereocenters. The molecule has 1 heterocycles. The number of rotatable bonds is 3.